The van der Waals surface area contributed by atoms with E-state index in [4.69, 9.17) is 9.47 Å². The van der Waals surface area contributed by atoms with Crippen LogP contribution in [0.15, 0.2) is 24.3 Å². The molecule has 0 spiro atoms. The molecule has 0 radical (unpaired) electrons. The van der Waals surface area contributed by atoms with Gasteiger partial charge in [0.15, 0.2) is 5.92 Å². The molecule has 1 aromatic carbocycles. The topological polar surface area (TPSA) is 59.3 Å². The van der Waals surface area contributed by atoms with Crippen molar-refractivity contribution >= 4 is 5.97 Å². The fraction of sp³-hybridized carbons (Fsp3) is 0.579. The summed E-state index contributed by atoms with van der Waals surface area (Å²) >= 11 is 0. The first kappa shape index (κ1) is 18.4. The summed E-state index contributed by atoms with van der Waals surface area (Å²) in [5, 5.41) is 9.61. The van der Waals surface area contributed by atoms with E-state index in [-0.39, 0.29) is 29.9 Å². The smallest absolute Gasteiger partial charge is 0.323 e. The van der Waals surface area contributed by atoms with Crippen LogP contribution in [0, 0.1) is 29.0 Å². The van der Waals surface area contributed by atoms with Gasteiger partial charge >= 0.3 is 5.97 Å². The minimum absolute atomic E-state index is 0.0910. The number of nitrogens with zero attached hydrogens (tertiary/aromatic N) is 1. The third-order valence-electron chi connectivity index (χ3n) is 4.54. The number of nitriles is 1. The van der Waals surface area contributed by atoms with Crippen molar-refractivity contribution in [2.45, 2.75) is 45.1 Å². The van der Waals surface area contributed by atoms with E-state index < -0.39 is 11.9 Å². The molecule has 1 aliphatic rings. The maximum atomic E-state index is 13.3. The van der Waals surface area contributed by atoms with Gasteiger partial charge in [-0.1, -0.05) is 12.1 Å². The number of esters is 1. The van der Waals surface area contributed by atoms with E-state index >= 15 is 0 Å². The number of ether oxygens (including phenoxy) is 2. The number of benzene rings is 1. The van der Waals surface area contributed by atoms with E-state index in [9.17, 15) is 14.4 Å². The summed E-state index contributed by atoms with van der Waals surface area (Å²) in [7, 11) is 0. The molecule has 2 rings (SSSR count). The molecule has 1 aliphatic heterocycles. The molecule has 0 amide bonds. The van der Waals surface area contributed by atoms with Crippen molar-refractivity contribution in [3.63, 3.8) is 0 Å². The summed E-state index contributed by atoms with van der Waals surface area (Å²) in [6.45, 7) is 6.54. The lowest BCUT2D eigenvalue weighted by atomic mass is 9.71. The molecule has 24 heavy (non-hydrogen) atoms. The van der Waals surface area contributed by atoms with E-state index in [1.807, 2.05) is 13.8 Å². The molecule has 130 valence electrons. The van der Waals surface area contributed by atoms with Gasteiger partial charge in [-0.05, 0) is 57.2 Å². The summed E-state index contributed by atoms with van der Waals surface area (Å²) in [4.78, 5) is 12.3. The van der Waals surface area contributed by atoms with Gasteiger partial charge in [0.05, 0.1) is 18.3 Å². The largest absolute Gasteiger partial charge is 0.465 e. The molecule has 4 nitrogen and oxygen atoms in total. The average molecular weight is 333 g/mol. The molecule has 5 heteroatoms. The van der Waals surface area contributed by atoms with Crippen LogP contribution in [0.5, 0.6) is 0 Å². The van der Waals surface area contributed by atoms with E-state index in [1.54, 1.807) is 19.1 Å². The fourth-order valence-corrected chi connectivity index (χ4v) is 3.52. The minimum Gasteiger partial charge on any atom is -0.465 e. The molecule has 1 fully saturated rings. The lowest BCUT2D eigenvalue weighted by molar-refractivity contribution is -0.148. The number of carbonyl (C=O) groups excluding carboxylic acids is 1. The lowest BCUT2D eigenvalue weighted by Gasteiger charge is -2.40. The van der Waals surface area contributed by atoms with Gasteiger partial charge in [0.2, 0.25) is 0 Å². The van der Waals surface area contributed by atoms with Crippen molar-refractivity contribution in [3.05, 3.63) is 35.6 Å². The highest BCUT2D eigenvalue weighted by Crippen LogP contribution is 2.42. The van der Waals surface area contributed by atoms with Crippen molar-refractivity contribution in [1.29, 1.82) is 5.26 Å². The summed E-state index contributed by atoms with van der Waals surface area (Å²) < 4.78 is 24.2. The highest BCUT2D eigenvalue weighted by Gasteiger charge is 2.41. The van der Waals surface area contributed by atoms with Crippen molar-refractivity contribution in [2.24, 2.45) is 11.8 Å². The molecular weight excluding hydrogens is 309 g/mol. The molecule has 0 bridgehead atoms. The van der Waals surface area contributed by atoms with Crippen LogP contribution in [-0.2, 0) is 14.3 Å². The van der Waals surface area contributed by atoms with Crippen LogP contribution in [-0.4, -0.2) is 24.8 Å². The molecule has 0 unspecified atom stereocenters. The van der Waals surface area contributed by atoms with Crippen molar-refractivity contribution in [1.82, 2.24) is 0 Å². The number of rotatable bonds is 5. The molecule has 3 atom stereocenters. The normalized spacial score (nSPS) is 22.2. The highest BCUT2D eigenvalue weighted by atomic mass is 19.1. The zero-order valence-corrected chi connectivity index (χ0v) is 14.4. The summed E-state index contributed by atoms with van der Waals surface area (Å²) in [6, 6.07) is 8.17. The Morgan fingerprint density at radius 1 is 1.46 bits per heavy atom. The van der Waals surface area contributed by atoms with E-state index in [0.29, 0.717) is 6.61 Å². The zero-order valence-electron chi connectivity index (χ0n) is 14.4. The third kappa shape index (κ3) is 4.33. The van der Waals surface area contributed by atoms with E-state index in [0.717, 1.165) is 18.4 Å². The lowest BCUT2D eigenvalue weighted by Crippen LogP contribution is -2.39. The van der Waals surface area contributed by atoms with Crippen molar-refractivity contribution < 1.29 is 18.7 Å². The Bertz CT molecular complexity index is 606. The predicted molar refractivity (Wildman–Crippen MR) is 87.6 cm³/mol. The van der Waals surface area contributed by atoms with Crippen LogP contribution in [0.1, 0.15) is 45.1 Å². The van der Waals surface area contributed by atoms with Crippen molar-refractivity contribution in [3.8, 4) is 6.07 Å². The van der Waals surface area contributed by atoms with Crippen LogP contribution >= 0.6 is 0 Å². The number of halogens is 1. The third-order valence-corrected chi connectivity index (χ3v) is 4.54. The predicted octanol–water partition coefficient (Wildman–Crippen LogP) is 3.82. The Hall–Kier alpha value is -1.93. The second kappa shape index (κ2) is 7.76. The second-order valence-corrected chi connectivity index (χ2v) is 6.80. The Labute approximate surface area is 142 Å². The van der Waals surface area contributed by atoms with Gasteiger partial charge in [0, 0.05) is 12.5 Å². The molecule has 0 aliphatic carbocycles. The Kier molecular flexibility index (Phi) is 5.95. The quantitative estimate of drug-likeness (QED) is 0.769. The maximum Gasteiger partial charge on any atom is 0.323 e. The molecule has 0 aromatic heterocycles. The van der Waals surface area contributed by atoms with Gasteiger partial charge in [0.1, 0.15) is 5.82 Å². The zero-order chi connectivity index (χ0) is 17.7. The minimum atomic E-state index is -0.908. The Morgan fingerprint density at radius 3 is 2.67 bits per heavy atom. The van der Waals surface area contributed by atoms with E-state index in [2.05, 4.69) is 6.07 Å². The molecule has 1 aromatic rings. The Balaban J connectivity index is 2.38. The molecular formula is C19H24FNO3. The SMILES string of the molecule is CCOC(=O)[C@@H](C#N)[C@@H](c1ccc(F)cc1)[C@@H]1CCOC(C)(C)C1. The molecule has 0 N–H and O–H groups in total. The first-order valence-corrected chi connectivity index (χ1v) is 8.33. The summed E-state index contributed by atoms with van der Waals surface area (Å²) in [5.41, 5.74) is 0.481. The fourth-order valence-electron chi connectivity index (χ4n) is 3.52. The molecule has 0 saturated carbocycles. The molecule has 1 saturated heterocycles. The second-order valence-electron chi connectivity index (χ2n) is 6.80. The summed E-state index contributed by atoms with van der Waals surface area (Å²) in [6.07, 6.45) is 1.48. The number of carbonyl (C=O) groups is 1. The van der Waals surface area contributed by atoms with Crippen LogP contribution in [0.2, 0.25) is 0 Å². The van der Waals surface area contributed by atoms with Gasteiger partial charge in [-0.2, -0.15) is 5.26 Å². The maximum absolute atomic E-state index is 13.3. The van der Waals surface area contributed by atoms with Crippen LogP contribution < -0.4 is 0 Å². The standard InChI is InChI=1S/C19H24FNO3/c1-4-23-18(22)16(12-21)17(13-5-7-15(20)8-6-13)14-9-10-24-19(2,3)11-14/h5-8,14,16-17H,4,9-11H2,1-3H3/t14-,16+,17+/m1/s1. The van der Waals surface area contributed by atoms with E-state index in [1.165, 1.54) is 12.1 Å². The monoisotopic (exact) mass is 333 g/mol. The van der Waals surface area contributed by atoms with Crippen molar-refractivity contribution in [2.75, 3.05) is 13.2 Å². The summed E-state index contributed by atoms with van der Waals surface area (Å²) in [5.74, 6) is -2.01. The van der Waals surface area contributed by atoms with Gasteiger partial charge < -0.3 is 9.47 Å². The van der Waals surface area contributed by atoms with Crippen LogP contribution in [0.25, 0.3) is 0 Å². The highest BCUT2D eigenvalue weighted by molar-refractivity contribution is 5.76. The molecule has 1 heterocycles. The first-order chi connectivity index (χ1) is 11.4. The van der Waals surface area contributed by atoms with Gasteiger partial charge in [-0.3, -0.25) is 4.79 Å². The number of hydrogen-bond acceptors (Lipinski definition) is 4. The van der Waals surface area contributed by atoms with Gasteiger partial charge in [-0.15, -0.1) is 0 Å². The van der Waals surface area contributed by atoms with Gasteiger partial charge in [-0.25, -0.2) is 4.39 Å². The first-order valence-electron chi connectivity index (χ1n) is 8.33. The Morgan fingerprint density at radius 2 is 2.12 bits per heavy atom. The van der Waals surface area contributed by atoms with Crippen LogP contribution in [0.4, 0.5) is 4.39 Å². The van der Waals surface area contributed by atoms with Crippen LogP contribution in [0.3, 0.4) is 0 Å². The number of hydrogen-bond donors (Lipinski definition) is 0. The van der Waals surface area contributed by atoms with Gasteiger partial charge in [0.25, 0.3) is 0 Å². The average Bonchev–Trinajstić information content (AvgIpc) is 2.52.